The van der Waals surface area contributed by atoms with Gasteiger partial charge in [0.15, 0.2) is 17.1 Å². The second-order valence-electron chi connectivity index (χ2n) is 8.49. The van der Waals surface area contributed by atoms with Crippen LogP contribution in [0, 0.1) is 0 Å². The number of carbonyl (C=O) groups is 2. The molecule has 32 heavy (non-hydrogen) atoms. The first-order valence-electron chi connectivity index (χ1n) is 10.4. The molecule has 5 N–H and O–H groups in total. The van der Waals surface area contributed by atoms with E-state index >= 15 is 0 Å². The van der Waals surface area contributed by atoms with Gasteiger partial charge in [-0.15, -0.1) is 0 Å². The maximum atomic E-state index is 12.4. The molecule has 1 saturated carbocycles. The minimum Gasteiger partial charge on any atom is -0.397 e. The van der Waals surface area contributed by atoms with Crippen molar-refractivity contribution in [3.63, 3.8) is 0 Å². The topological polar surface area (TPSA) is 149 Å². The molecule has 9 heteroatoms. The summed E-state index contributed by atoms with van der Waals surface area (Å²) in [6.45, 7) is 0.446. The van der Waals surface area contributed by atoms with E-state index in [-0.39, 0.29) is 17.8 Å². The smallest absolute Gasteiger partial charge is 0.269 e. The van der Waals surface area contributed by atoms with Crippen LogP contribution < -0.4 is 11.5 Å². The summed E-state index contributed by atoms with van der Waals surface area (Å²) >= 11 is 0. The molecule has 1 aliphatic carbocycles. The van der Waals surface area contributed by atoms with Crippen LogP contribution in [0.3, 0.4) is 0 Å². The van der Waals surface area contributed by atoms with Crippen molar-refractivity contribution < 1.29 is 19.2 Å². The van der Waals surface area contributed by atoms with Gasteiger partial charge in [0.2, 0.25) is 0 Å². The molecule has 2 fully saturated rings. The summed E-state index contributed by atoms with van der Waals surface area (Å²) in [4.78, 5) is 30.1. The fourth-order valence-electron chi connectivity index (χ4n) is 4.17. The highest BCUT2D eigenvalue weighted by molar-refractivity contribution is 5.97. The first-order chi connectivity index (χ1) is 15.3. The fraction of sp³-hybridized carbons (Fsp3) is 0.304. The van der Waals surface area contributed by atoms with E-state index in [1.807, 2.05) is 30.3 Å². The van der Waals surface area contributed by atoms with E-state index in [0.29, 0.717) is 35.2 Å². The van der Waals surface area contributed by atoms with Crippen molar-refractivity contribution >= 4 is 17.5 Å². The number of likely N-dealkylation sites (N-methyl/N-ethyl adjacent to an activating group) is 1. The number of rotatable bonds is 5. The van der Waals surface area contributed by atoms with E-state index in [1.54, 1.807) is 13.1 Å². The number of aliphatic hydroxyl groups is 1. The number of nitrogens with two attached hydrogens (primary N) is 2. The minimum absolute atomic E-state index is 0.0721. The molecule has 1 atom stereocenters. The molecule has 5 rings (SSSR count). The van der Waals surface area contributed by atoms with Gasteiger partial charge < -0.3 is 26.0 Å². The molecule has 164 valence electrons. The van der Waals surface area contributed by atoms with E-state index in [1.165, 1.54) is 4.90 Å². The lowest BCUT2D eigenvalue weighted by molar-refractivity contribution is -0.143. The summed E-state index contributed by atoms with van der Waals surface area (Å²) in [5.41, 5.74) is 13.5. The molecule has 3 aromatic rings. The first-order valence-corrected chi connectivity index (χ1v) is 10.4. The monoisotopic (exact) mass is 433 g/mol. The Kier molecular flexibility index (Phi) is 4.52. The van der Waals surface area contributed by atoms with E-state index in [4.69, 9.17) is 16.0 Å². The zero-order valence-electron chi connectivity index (χ0n) is 17.5. The lowest BCUT2D eigenvalue weighted by atomic mass is 9.97. The Labute approximate surface area is 184 Å². The number of aromatic nitrogens is 2. The Morgan fingerprint density at radius 1 is 1.25 bits per heavy atom. The second kappa shape index (κ2) is 7.16. The van der Waals surface area contributed by atoms with E-state index < -0.39 is 17.4 Å². The number of benzene rings is 1. The van der Waals surface area contributed by atoms with Crippen LogP contribution in [0.15, 0.2) is 40.9 Å². The normalized spacial score (nSPS) is 20.7. The van der Waals surface area contributed by atoms with Crippen molar-refractivity contribution in [2.75, 3.05) is 19.3 Å². The largest absolute Gasteiger partial charge is 0.397 e. The zero-order chi connectivity index (χ0) is 22.6. The summed E-state index contributed by atoms with van der Waals surface area (Å²) in [5.74, 6) is -0.339. The highest BCUT2D eigenvalue weighted by atomic mass is 16.5. The maximum Gasteiger partial charge on any atom is 0.269 e. The molecule has 0 unspecified atom stereocenters. The van der Waals surface area contributed by atoms with Gasteiger partial charge >= 0.3 is 0 Å². The van der Waals surface area contributed by atoms with Gasteiger partial charge in [-0.05, 0) is 36.5 Å². The van der Waals surface area contributed by atoms with Gasteiger partial charge in [0.1, 0.15) is 5.69 Å². The predicted molar refractivity (Wildman–Crippen MR) is 116 cm³/mol. The quantitative estimate of drug-likeness (QED) is 0.557. The zero-order valence-corrected chi connectivity index (χ0v) is 17.5. The van der Waals surface area contributed by atoms with Gasteiger partial charge in [0.05, 0.1) is 11.4 Å². The summed E-state index contributed by atoms with van der Waals surface area (Å²) in [7, 11) is 1.64. The third-order valence-corrected chi connectivity index (χ3v) is 6.23. The van der Waals surface area contributed by atoms with Crippen molar-refractivity contribution in [3.05, 3.63) is 53.3 Å². The van der Waals surface area contributed by atoms with E-state index in [9.17, 15) is 14.7 Å². The van der Waals surface area contributed by atoms with Crippen LogP contribution in [0.5, 0.6) is 0 Å². The highest BCUT2D eigenvalue weighted by Gasteiger charge is 2.47. The van der Waals surface area contributed by atoms with Gasteiger partial charge in [-0.25, -0.2) is 4.98 Å². The van der Waals surface area contributed by atoms with Crippen molar-refractivity contribution in [2.24, 2.45) is 5.73 Å². The SMILES string of the molecule is CN1CC[C@@](O)(c2cc(-c3cccc(-c4cc(C5CC5)c(N)c(C(N)=O)n4)c3)on2)C1=O. The van der Waals surface area contributed by atoms with Crippen molar-refractivity contribution in [2.45, 2.75) is 30.8 Å². The highest BCUT2D eigenvalue weighted by Crippen LogP contribution is 2.44. The standard InChI is InChI=1S/C23H23N5O4/c1-28-8-7-23(31,22(28)30)18-11-17(32-27-18)14-4-2-3-13(9-14)16-10-15(12-5-6-12)19(24)20(26-16)21(25)29/h2-4,9-12,31H,5-8,24H2,1H3,(H2,25,29)/t23-/m1/s1. The Hall–Kier alpha value is -3.72. The van der Waals surface area contributed by atoms with Crippen molar-refractivity contribution in [3.8, 4) is 22.6 Å². The van der Waals surface area contributed by atoms with Crippen LogP contribution in [-0.2, 0) is 10.4 Å². The average Bonchev–Trinajstić information content (AvgIpc) is 3.44. The molecule has 1 aromatic carbocycles. The minimum atomic E-state index is -1.68. The number of anilines is 1. The van der Waals surface area contributed by atoms with Crippen LogP contribution in [0.25, 0.3) is 22.6 Å². The summed E-state index contributed by atoms with van der Waals surface area (Å²) in [6, 6.07) is 10.8. The number of carbonyl (C=O) groups excluding carboxylic acids is 2. The first kappa shape index (κ1) is 20.2. The Balaban J connectivity index is 1.52. The second-order valence-corrected chi connectivity index (χ2v) is 8.49. The number of nitrogen functional groups attached to an aromatic ring is 1. The number of hydrogen-bond donors (Lipinski definition) is 3. The van der Waals surface area contributed by atoms with E-state index in [0.717, 1.165) is 24.0 Å². The molecule has 2 amide bonds. The number of hydrogen-bond acceptors (Lipinski definition) is 7. The number of pyridine rings is 1. The number of likely N-dealkylation sites (tertiary alicyclic amines) is 1. The molecule has 2 aliphatic rings. The molecule has 9 nitrogen and oxygen atoms in total. The van der Waals surface area contributed by atoms with Crippen LogP contribution in [0.2, 0.25) is 0 Å². The molecule has 0 spiro atoms. The Morgan fingerprint density at radius 3 is 2.66 bits per heavy atom. The molecule has 0 bridgehead atoms. The van der Waals surface area contributed by atoms with Crippen LogP contribution in [0.4, 0.5) is 5.69 Å². The summed E-state index contributed by atoms with van der Waals surface area (Å²) in [5, 5.41) is 14.8. The molecule has 1 aliphatic heterocycles. The molecular weight excluding hydrogens is 410 g/mol. The predicted octanol–water partition coefficient (Wildman–Crippen LogP) is 2.01. The summed E-state index contributed by atoms with van der Waals surface area (Å²) in [6.07, 6.45) is 2.29. The summed E-state index contributed by atoms with van der Waals surface area (Å²) < 4.78 is 5.46. The van der Waals surface area contributed by atoms with Gasteiger partial charge in [-0.3, -0.25) is 9.59 Å². The lowest BCUT2D eigenvalue weighted by Crippen LogP contribution is -2.36. The molecule has 3 heterocycles. The van der Waals surface area contributed by atoms with Crippen LogP contribution >= 0.6 is 0 Å². The van der Waals surface area contributed by atoms with Crippen molar-refractivity contribution in [1.29, 1.82) is 0 Å². The average molecular weight is 433 g/mol. The molecular formula is C23H23N5O4. The number of nitrogens with zero attached hydrogens (tertiary/aromatic N) is 3. The van der Waals surface area contributed by atoms with Crippen LogP contribution in [0.1, 0.15) is 46.9 Å². The molecule has 1 saturated heterocycles. The third-order valence-electron chi connectivity index (χ3n) is 6.23. The van der Waals surface area contributed by atoms with Crippen molar-refractivity contribution in [1.82, 2.24) is 15.0 Å². The third kappa shape index (κ3) is 3.21. The van der Waals surface area contributed by atoms with Gasteiger partial charge in [0, 0.05) is 37.2 Å². The van der Waals surface area contributed by atoms with E-state index in [2.05, 4.69) is 10.1 Å². The number of primary amides is 1. The van der Waals surface area contributed by atoms with Gasteiger partial charge in [-0.1, -0.05) is 23.4 Å². The maximum absolute atomic E-state index is 12.4. The molecule has 0 radical (unpaired) electrons. The van der Waals surface area contributed by atoms with Gasteiger partial charge in [-0.2, -0.15) is 0 Å². The Bertz CT molecular complexity index is 1250. The lowest BCUT2D eigenvalue weighted by Gasteiger charge is -2.16. The number of amides is 2. The van der Waals surface area contributed by atoms with Gasteiger partial charge in [0.25, 0.3) is 11.8 Å². The molecule has 2 aromatic heterocycles. The Morgan fingerprint density at radius 2 is 2.00 bits per heavy atom. The van der Waals surface area contributed by atoms with Crippen LogP contribution in [-0.4, -0.2) is 45.6 Å². The fourth-order valence-corrected chi connectivity index (χ4v) is 4.17.